The predicted molar refractivity (Wildman–Crippen MR) is 82.1 cm³/mol. The molecular formula is C18H25NO. The molecule has 0 amide bonds. The molecule has 2 heteroatoms. The minimum Gasteiger partial charge on any atom is -0.314 e. The molecule has 20 heavy (non-hydrogen) atoms. The quantitative estimate of drug-likeness (QED) is 0.891. The summed E-state index contributed by atoms with van der Waals surface area (Å²) in [5.41, 5.74) is 4.18. The van der Waals surface area contributed by atoms with Gasteiger partial charge in [0.05, 0.1) is 0 Å². The summed E-state index contributed by atoms with van der Waals surface area (Å²) in [7, 11) is 0. The molecule has 1 saturated heterocycles. The molecule has 1 aromatic rings. The smallest absolute Gasteiger partial charge is 0.137 e. The molecule has 1 aliphatic heterocycles. The van der Waals surface area contributed by atoms with Crippen LogP contribution >= 0.6 is 0 Å². The summed E-state index contributed by atoms with van der Waals surface area (Å²) in [5.74, 6) is 0.398. The maximum absolute atomic E-state index is 12.1. The number of nitrogens with one attached hydrogen (secondary N) is 1. The second kappa shape index (κ2) is 6.53. The van der Waals surface area contributed by atoms with Gasteiger partial charge >= 0.3 is 0 Å². The fraction of sp³-hybridized carbons (Fsp3) is 0.611. The van der Waals surface area contributed by atoms with Gasteiger partial charge in [0.1, 0.15) is 5.78 Å². The highest BCUT2D eigenvalue weighted by Gasteiger charge is 2.15. The Morgan fingerprint density at radius 1 is 1.15 bits per heavy atom. The summed E-state index contributed by atoms with van der Waals surface area (Å²) >= 11 is 0. The number of hydrogen-bond acceptors (Lipinski definition) is 2. The van der Waals surface area contributed by atoms with Gasteiger partial charge in [-0.3, -0.25) is 4.79 Å². The number of fused-ring (bicyclic) bond motifs is 1. The van der Waals surface area contributed by atoms with Crippen LogP contribution in [0, 0.1) is 0 Å². The number of ketones is 1. The van der Waals surface area contributed by atoms with Crippen LogP contribution in [0.4, 0.5) is 0 Å². The minimum absolute atomic E-state index is 0.398. The zero-order chi connectivity index (χ0) is 13.8. The number of carbonyl (C=O) groups is 1. The molecule has 1 aliphatic carbocycles. The number of rotatable bonds is 5. The number of Topliss-reactive ketones (excluding diaryl/α,β-unsaturated/α-hetero) is 1. The Morgan fingerprint density at radius 2 is 2.05 bits per heavy atom. The monoisotopic (exact) mass is 271 g/mol. The van der Waals surface area contributed by atoms with Crippen LogP contribution in [-0.4, -0.2) is 18.4 Å². The Balaban J connectivity index is 1.48. The second-order valence-electron chi connectivity index (χ2n) is 6.36. The van der Waals surface area contributed by atoms with Crippen LogP contribution in [0.3, 0.4) is 0 Å². The van der Waals surface area contributed by atoms with Crippen LogP contribution in [0.15, 0.2) is 18.2 Å². The number of benzene rings is 1. The minimum atomic E-state index is 0.398. The van der Waals surface area contributed by atoms with Crippen LogP contribution in [-0.2, 0) is 24.1 Å². The Bertz CT molecular complexity index is 474. The molecular weight excluding hydrogens is 246 g/mol. The average Bonchev–Trinajstić information content (AvgIpc) is 2.94. The van der Waals surface area contributed by atoms with Crippen molar-refractivity contribution in [3.8, 4) is 0 Å². The third-order valence-electron chi connectivity index (χ3n) is 4.75. The molecule has 2 nitrogen and oxygen atoms in total. The first-order valence-electron chi connectivity index (χ1n) is 8.17. The summed E-state index contributed by atoms with van der Waals surface area (Å²) in [6, 6.07) is 7.22. The van der Waals surface area contributed by atoms with Crippen LogP contribution in [0.5, 0.6) is 0 Å². The molecule has 1 N–H and O–H groups in total. The third-order valence-corrected chi connectivity index (χ3v) is 4.75. The molecule has 0 saturated carbocycles. The molecule has 2 aliphatic rings. The average molecular weight is 271 g/mol. The SMILES string of the molecule is O=C(CCC1CCCCN1)Cc1ccc2c(c1)CCC2. The predicted octanol–water partition coefficient (Wildman–Crippen LogP) is 3.21. The fourth-order valence-corrected chi connectivity index (χ4v) is 3.56. The molecule has 0 bridgehead atoms. The van der Waals surface area contributed by atoms with Crippen LogP contribution < -0.4 is 5.32 Å². The summed E-state index contributed by atoms with van der Waals surface area (Å²) < 4.78 is 0. The van der Waals surface area contributed by atoms with Gasteiger partial charge in [-0.05, 0) is 61.8 Å². The van der Waals surface area contributed by atoms with Crippen molar-refractivity contribution in [3.05, 3.63) is 34.9 Å². The molecule has 0 radical (unpaired) electrons. The Hall–Kier alpha value is -1.15. The van der Waals surface area contributed by atoms with Gasteiger partial charge in [-0.1, -0.05) is 24.6 Å². The Labute approximate surface area is 122 Å². The van der Waals surface area contributed by atoms with Crippen LogP contribution in [0.1, 0.15) is 55.2 Å². The van der Waals surface area contributed by atoms with E-state index in [0.717, 1.165) is 19.4 Å². The Kier molecular flexibility index (Phi) is 4.51. The summed E-state index contributed by atoms with van der Waals surface area (Å²) in [6.45, 7) is 1.13. The lowest BCUT2D eigenvalue weighted by molar-refractivity contribution is -0.118. The first-order valence-corrected chi connectivity index (χ1v) is 8.17. The fourth-order valence-electron chi connectivity index (χ4n) is 3.56. The van der Waals surface area contributed by atoms with Gasteiger partial charge in [-0.2, -0.15) is 0 Å². The van der Waals surface area contributed by atoms with Gasteiger partial charge in [-0.15, -0.1) is 0 Å². The molecule has 1 fully saturated rings. The number of carbonyl (C=O) groups excluding carboxylic acids is 1. The third kappa shape index (κ3) is 3.49. The maximum atomic E-state index is 12.1. The lowest BCUT2D eigenvalue weighted by Gasteiger charge is -2.23. The van der Waals surface area contributed by atoms with E-state index in [0.29, 0.717) is 18.2 Å². The van der Waals surface area contributed by atoms with E-state index in [-0.39, 0.29) is 0 Å². The normalized spacial score (nSPS) is 21.7. The lowest BCUT2D eigenvalue weighted by Crippen LogP contribution is -2.34. The van der Waals surface area contributed by atoms with E-state index in [2.05, 4.69) is 23.5 Å². The van der Waals surface area contributed by atoms with Crippen molar-refractivity contribution < 1.29 is 4.79 Å². The summed E-state index contributed by atoms with van der Waals surface area (Å²) in [4.78, 5) is 12.1. The van der Waals surface area contributed by atoms with Gasteiger partial charge in [-0.25, -0.2) is 0 Å². The maximum Gasteiger partial charge on any atom is 0.137 e. The molecule has 1 atom stereocenters. The largest absolute Gasteiger partial charge is 0.314 e. The van der Waals surface area contributed by atoms with E-state index in [1.54, 1.807) is 0 Å². The van der Waals surface area contributed by atoms with E-state index < -0.39 is 0 Å². The van der Waals surface area contributed by atoms with E-state index in [9.17, 15) is 4.79 Å². The molecule has 1 unspecified atom stereocenters. The van der Waals surface area contributed by atoms with Crippen molar-refractivity contribution in [1.29, 1.82) is 0 Å². The van der Waals surface area contributed by atoms with Gasteiger partial charge in [0, 0.05) is 18.9 Å². The molecule has 0 spiro atoms. The highest BCUT2D eigenvalue weighted by Crippen LogP contribution is 2.23. The van der Waals surface area contributed by atoms with Gasteiger partial charge in [0.25, 0.3) is 0 Å². The van der Waals surface area contributed by atoms with Gasteiger partial charge in [0.2, 0.25) is 0 Å². The van der Waals surface area contributed by atoms with E-state index in [1.165, 1.54) is 55.2 Å². The number of hydrogen-bond donors (Lipinski definition) is 1. The van der Waals surface area contributed by atoms with Crippen LogP contribution in [0.25, 0.3) is 0 Å². The second-order valence-corrected chi connectivity index (χ2v) is 6.36. The van der Waals surface area contributed by atoms with Crippen molar-refractivity contribution in [2.75, 3.05) is 6.54 Å². The van der Waals surface area contributed by atoms with Crippen molar-refractivity contribution in [2.45, 2.75) is 63.8 Å². The molecule has 1 aromatic carbocycles. The molecule has 108 valence electrons. The summed E-state index contributed by atoms with van der Waals surface area (Å²) in [5, 5.41) is 3.52. The van der Waals surface area contributed by atoms with Crippen molar-refractivity contribution in [1.82, 2.24) is 5.32 Å². The van der Waals surface area contributed by atoms with Crippen LogP contribution in [0.2, 0.25) is 0 Å². The highest BCUT2D eigenvalue weighted by molar-refractivity contribution is 5.81. The van der Waals surface area contributed by atoms with Crippen molar-refractivity contribution >= 4 is 5.78 Å². The van der Waals surface area contributed by atoms with Gasteiger partial charge < -0.3 is 5.32 Å². The topological polar surface area (TPSA) is 29.1 Å². The highest BCUT2D eigenvalue weighted by atomic mass is 16.1. The van der Waals surface area contributed by atoms with E-state index in [4.69, 9.17) is 0 Å². The zero-order valence-corrected chi connectivity index (χ0v) is 12.3. The summed E-state index contributed by atoms with van der Waals surface area (Å²) in [6.07, 6.45) is 9.92. The zero-order valence-electron chi connectivity index (χ0n) is 12.3. The molecule has 3 rings (SSSR count). The first kappa shape index (κ1) is 13.8. The standard InChI is InChI=1S/C18H25NO/c20-18(10-9-17-6-1-2-11-19-17)13-14-7-8-15-4-3-5-16(15)12-14/h7-8,12,17,19H,1-6,9-11,13H2. The van der Waals surface area contributed by atoms with Crippen molar-refractivity contribution in [2.24, 2.45) is 0 Å². The molecule has 0 aromatic heterocycles. The number of piperidine rings is 1. The van der Waals surface area contributed by atoms with E-state index >= 15 is 0 Å². The number of aryl methyl sites for hydroxylation is 2. The van der Waals surface area contributed by atoms with Crippen molar-refractivity contribution in [3.63, 3.8) is 0 Å². The van der Waals surface area contributed by atoms with E-state index in [1.807, 2.05) is 0 Å². The first-order chi connectivity index (χ1) is 9.81. The molecule has 1 heterocycles. The Morgan fingerprint density at radius 3 is 2.90 bits per heavy atom. The van der Waals surface area contributed by atoms with Gasteiger partial charge in [0.15, 0.2) is 0 Å². The lowest BCUT2D eigenvalue weighted by atomic mass is 9.96.